The van der Waals surface area contributed by atoms with Gasteiger partial charge in [0.05, 0.1) is 0 Å². The van der Waals surface area contributed by atoms with Gasteiger partial charge in [0.15, 0.2) is 0 Å². The van der Waals surface area contributed by atoms with Crippen LogP contribution in [0.4, 0.5) is 0 Å². The van der Waals surface area contributed by atoms with E-state index in [0.29, 0.717) is 5.92 Å². The highest BCUT2D eigenvalue weighted by molar-refractivity contribution is 5.36. The minimum absolute atomic E-state index is 0.120. The maximum Gasteiger partial charge on any atom is 0.285 e. The number of hydrogen-bond acceptors (Lipinski definition) is 2. The molecule has 0 aromatic carbocycles. The van der Waals surface area contributed by atoms with Crippen molar-refractivity contribution in [3.8, 4) is 5.95 Å². The van der Waals surface area contributed by atoms with Crippen molar-refractivity contribution in [2.45, 2.75) is 33.1 Å². The van der Waals surface area contributed by atoms with E-state index in [-0.39, 0.29) is 5.95 Å². The number of rotatable bonds is 0. The molecule has 0 bridgehead atoms. The van der Waals surface area contributed by atoms with Gasteiger partial charge in [0.2, 0.25) is 0 Å². The van der Waals surface area contributed by atoms with Crippen LogP contribution in [-0.4, -0.2) is 5.11 Å². The van der Waals surface area contributed by atoms with E-state index in [1.165, 1.54) is 12.0 Å². The monoisotopic (exact) mass is 166 g/mol. The van der Waals surface area contributed by atoms with E-state index in [9.17, 15) is 5.11 Å². The summed E-state index contributed by atoms with van der Waals surface area (Å²) in [6.45, 7) is 4.14. The highest BCUT2D eigenvalue weighted by atomic mass is 16.5. The molecule has 0 saturated carbocycles. The summed E-state index contributed by atoms with van der Waals surface area (Å²) in [7, 11) is 0. The first kappa shape index (κ1) is 7.71. The molecular weight excluding hydrogens is 152 g/mol. The van der Waals surface area contributed by atoms with Crippen LogP contribution in [0.1, 0.15) is 30.2 Å². The van der Waals surface area contributed by atoms with Crippen LogP contribution >= 0.6 is 0 Å². The highest BCUT2D eigenvalue weighted by Crippen LogP contribution is 2.34. The molecule has 0 aliphatic heterocycles. The molecule has 0 saturated heterocycles. The van der Waals surface area contributed by atoms with Crippen LogP contribution in [0, 0.1) is 12.8 Å². The molecule has 1 aliphatic rings. The molecule has 2 rings (SSSR count). The van der Waals surface area contributed by atoms with Gasteiger partial charge in [-0.2, -0.15) is 0 Å². The Labute approximate surface area is 72.2 Å². The van der Waals surface area contributed by atoms with Crippen molar-refractivity contribution in [2.75, 3.05) is 0 Å². The Bertz CT molecular complexity index is 299. The number of furan rings is 1. The molecule has 1 aliphatic carbocycles. The average molecular weight is 166 g/mol. The zero-order valence-electron chi connectivity index (χ0n) is 7.55. The molecule has 1 unspecified atom stereocenters. The molecule has 0 fully saturated rings. The first-order valence-corrected chi connectivity index (χ1v) is 4.48. The van der Waals surface area contributed by atoms with E-state index in [1.54, 1.807) is 0 Å². The van der Waals surface area contributed by atoms with Crippen molar-refractivity contribution >= 4 is 0 Å². The second kappa shape index (κ2) is 2.54. The standard InChI is InChI=1S/C10H14O2/c1-6-3-4-8-7(2)10(11)12-9(8)5-6/h6,11H,3-5H2,1-2H3. The molecule has 1 N–H and O–H groups in total. The Hall–Kier alpha value is -0.920. The van der Waals surface area contributed by atoms with Crippen molar-refractivity contribution in [1.29, 1.82) is 0 Å². The molecule has 0 amide bonds. The largest absolute Gasteiger partial charge is 0.481 e. The summed E-state index contributed by atoms with van der Waals surface area (Å²) in [5.74, 6) is 1.82. The summed E-state index contributed by atoms with van der Waals surface area (Å²) in [5, 5.41) is 9.33. The van der Waals surface area contributed by atoms with Gasteiger partial charge in [-0.25, -0.2) is 0 Å². The number of aromatic hydroxyl groups is 1. The Kier molecular flexibility index (Phi) is 1.63. The topological polar surface area (TPSA) is 33.4 Å². The quantitative estimate of drug-likeness (QED) is 0.642. The second-order valence-corrected chi connectivity index (χ2v) is 3.78. The van der Waals surface area contributed by atoms with Crippen LogP contribution in [0.25, 0.3) is 0 Å². The molecule has 66 valence electrons. The van der Waals surface area contributed by atoms with Gasteiger partial charge in [-0.1, -0.05) is 6.92 Å². The molecule has 1 aromatic heterocycles. The normalized spacial score (nSPS) is 22.3. The first-order valence-electron chi connectivity index (χ1n) is 4.48. The fraction of sp³-hybridized carbons (Fsp3) is 0.600. The molecule has 0 spiro atoms. The smallest absolute Gasteiger partial charge is 0.285 e. The fourth-order valence-corrected chi connectivity index (χ4v) is 1.89. The number of fused-ring (bicyclic) bond motifs is 1. The van der Waals surface area contributed by atoms with E-state index in [2.05, 4.69) is 6.92 Å². The maximum absolute atomic E-state index is 9.33. The van der Waals surface area contributed by atoms with Crippen molar-refractivity contribution in [1.82, 2.24) is 0 Å². The molecule has 2 nitrogen and oxygen atoms in total. The van der Waals surface area contributed by atoms with Gasteiger partial charge in [0.1, 0.15) is 5.76 Å². The SMILES string of the molecule is Cc1c(O)oc2c1CCC(C)C2. The third kappa shape index (κ3) is 1.02. The van der Waals surface area contributed by atoms with Crippen molar-refractivity contribution in [2.24, 2.45) is 5.92 Å². The molecule has 0 radical (unpaired) electrons. The predicted octanol–water partition coefficient (Wildman–Crippen LogP) is 2.42. The lowest BCUT2D eigenvalue weighted by molar-refractivity contribution is 0.304. The van der Waals surface area contributed by atoms with Crippen LogP contribution in [0.3, 0.4) is 0 Å². The van der Waals surface area contributed by atoms with Gasteiger partial charge in [0, 0.05) is 17.5 Å². The summed E-state index contributed by atoms with van der Waals surface area (Å²) in [6, 6.07) is 0. The van der Waals surface area contributed by atoms with Crippen molar-refractivity contribution in [3.05, 3.63) is 16.9 Å². The third-order valence-electron chi connectivity index (χ3n) is 2.75. The molecule has 2 heteroatoms. The van der Waals surface area contributed by atoms with Crippen LogP contribution in [-0.2, 0) is 12.8 Å². The summed E-state index contributed by atoms with van der Waals surface area (Å²) in [6.07, 6.45) is 3.26. The second-order valence-electron chi connectivity index (χ2n) is 3.78. The van der Waals surface area contributed by atoms with Gasteiger partial charge in [-0.3, -0.25) is 0 Å². The third-order valence-corrected chi connectivity index (χ3v) is 2.75. The Morgan fingerprint density at radius 1 is 1.50 bits per heavy atom. The molecule has 1 aromatic rings. The lowest BCUT2D eigenvalue weighted by Gasteiger charge is -2.16. The zero-order valence-corrected chi connectivity index (χ0v) is 7.55. The Balaban J connectivity index is 2.43. The van der Waals surface area contributed by atoms with E-state index in [1.807, 2.05) is 6.92 Å². The number of hydrogen-bond donors (Lipinski definition) is 1. The first-order chi connectivity index (χ1) is 5.68. The van der Waals surface area contributed by atoms with Gasteiger partial charge < -0.3 is 9.52 Å². The summed E-state index contributed by atoms with van der Waals surface area (Å²) >= 11 is 0. The van der Waals surface area contributed by atoms with Gasteiger partial charge in [-0.05, 0) is 25.7 Å². The molecule has 1 heterocycles. The van der Waals surface area contributed by atoms with Crippen LogP contribution in [0.15, 0.2) is 4.42 Å². The van der Waals surface area contributed by atoms with E-state index >= 15 is 0 Å². The van der Waals surface area contributed by atoms with Gasteiger partial charge in [-0.15, -0.1) is 0 Å². The van der Waals surface area contributed by atoms with Crippen molar-refractivity contribution < 1.29 is 9.52 Å². The Morgan fingerprint density at radius 3 is 3.00 bits per heavy atom. The maximum atomic E-state index is 9.33. The zero-order chi connectivity index (χ0) is 8.72. The fourth-order valence-electron chi connectivity index (χ4n) is 1.89. The van der Waals surface area contributed by atoms with E-state index in [0.717, 1.165) is 24.2 Å². The van der Waals surface area contributed by atoms with E-state index in [4.69, 9.17) is 4.42 Å². The van der Waals surface area contributed by atoms with Crippen LogP contribution < -0.4 is 0 Å². The van der Waals surface area contributed by atoms with Crippen molar-refractivity contribution in [3.63, 3.8) is 0 Å². The minimum Gasteiger partial charge on any atom is -0.481 e. The predicted molar refractivity (Wildman–Crippen MR) is 46.3 cm³/mol. The minimum atomic E-state index is 0.120. The lowest BCUT2D eigenvalue weighted by atomic mass is 9.88. The summed E-state index contributed by atoms with van der Waals surface area (Å²) in [5.41, 5.74) is 2.18. The van der Waals surface area contributed by atoms with Crippen LogP contribution in [0.2, 0.25) is 0 Å². The summed E-state index contributed by atoms with van der Waals surface area (Å²) < 4.78 is 5.26. The molecule has 12 heavy (non-hydrogen) atoms. The molecule has 1 atom stereocenters. The van der Waals surface area contributed by atoms with Gasteiger partial charge >= 0.3 is 0 Å². The average Bonchev–Trinajstić information content (AvgIpc) is 2.28. The van der Waals surface area contributed by atoms with Crippen LogP contribution in [0.5, 0.6) is 5.95 Å². The highest BCUT2D eigenvalue weighted by Gasteiger charge is 2.22. The van der Waals surface area contributed by atoms with E-state index < -0.39 is 0 Å². The Morgan fingerprint density at radius 2 is 2.25 bits per heavy atom. The lowest BCUT2D eigenvalue weighted by Crippen LogP contribution is -2.09. The molecular formula is C10H14O2. The summed E-state index contributed by atoms with van der Waals surface area (Å²) in [4.78, 5) is 0. The van der Waals surface area contributed by atoms with Gasteiger partial charge in [0.25, 0.3) is 5.95 Å².